The highest BCUT2D eigenvalue weighted by Crippen LogP contribution is 2.15. The number of aromatic amines is 1. The van der Waals surface area contributed by atoms with E-state index in [4.69, 9.17) is 9.47 Å². The number of H-pyrrole nitrogens is 1. The Morgan fingerprint density at radius 2 is 1.91 bits per heavy atom. The number of nitrogens with one attached hydrogen (secondary N) is 3. The van der Waals surface area contributed by atoms with Crippen LogP contribution in [0.3, 0.4) is 0 Å². The Bertz CT molecular complexity index is 1250. The number of fused-ring (bicyclic) bond motifs is 1. The Labute approximate surface area is 190 Å². The van der Waals surface area contributed by atoms with Crippen LogP contribution in [-0.2, 0) is 20.8 Å². The van der Waals surface area contributed by atoms with Crippen molar-refractivity contribution in [3.63, 3.8) is 0 Å². The topological polar surface area (TPSA) is 115 Å². The molecule has 0 bridgehead atoms. The molecule has 0 radical (unpaired) electrons. The van der Waals surface area contributed by atoms with Gasteiger partial charge < -0.3 is 24.7 Å². The van der Waals surface area contributed by atoms with E-state index in [0.29, 0.717) is 42.2 Å². The SMILES string of the molecule is Cc1ccc(NC(=O)COC(=O)c2ccc3c(=O)[nH]c(C[NH+]4CCOCC4)nc3c2)cc1C. The smallest absolute Gasteiger partial charge is 0.338 e. The fourth-order valence-electron chi connectivity index (χ4n) is 3.70. The summed E-state index contributed by atoms with van der Waals surface area (Å²) in [5.74, 6) is -0.532. The van der Waals surface area contributed by atoms with E-state index in [9.17, 15) is 14.4 Å². The molecule has 3 N–H and O–H groups in total. The Balaban J connectivity index is 1.42. The number of rotatable bonds is 6. The first kappa shape index (κ1) is 22.6. The number of aryl methyl sites for hydroxylation is 2. The lowest BCUT2D eigenvalue weighted by Crippen LogP contribution is -3.12. The number of morpholine rings is 1. The molecule has 9 heteroatoms. The zero-order chi connectivity index (χ0) is 23.4. The maximum absolute atomic E-state index is 12.5. The molecule has 3 aromatic rings. The fourth-order valence-corrected chi connectivity index (χ4v) is 3.70. The van der Waals surface area contributed by atoms with Gasteiger partial charge in [0.1, 0.15) is 19.6 Å². The number of hydrogen-bond acceptors (Lipinski definition) is 6. The van der Waals surface area contributed by atoms with Gasteiger partial charge in [-0.3, -0.25) is 9.59 Å². The summed E-state index contributed by atoms with van der Waals surface area (Å²) < 4.78 is 10.5. The first-order chi connectivity index (χ1) is 15.9. The molecule has 2 heterocycles. The summed E-state index contributed by atoms with van der Waals surface area (Å²) in [5, 5.41) is 3.10. The van der Waals surface area contributed by atoms with Crippen molar-refractivity contribution in [1.82, 2.24) is 9.97 Å². The van der Waals surface area contributed by atoms with E-state index in [0.717, 1.165) is 24.2 Å². The molecule has 0 saturated carbocycles. The van der Waals surface area contributed by atoms with Gasteiger partial charge in [0.25, 0.3) is 11.5 Å². The van der Waals surface area contributed by atoms with Gasteiger partial charge in [0.15, 0.2) is 12.4 Å². The van der Waals surface area contributed by atoms with E-state index in [1.165, 1.54) is 23.1 Å². The molecule has 33 heavy (non-hydrogen) atoms. The molecule has 1 fully saturated rings. The Kier molecular flexibility index (Phi) is 6.81. The van der Waals surface area contributed by atoms with Crippen LogP contribution >= 0.6 is 0 Å². The van der Waals surface area contributed by atoms with Gasteiger partial charge in [0.05, 0.1) is 29.7 Å². The predicted octanol–water partition coefficient (Wildman–Crippen LogP) is 0.751. The van der Waals surface area contributed by atoms with Crippen LogP contribution in [0.15, 0.2) is 41.2 Å². The highest BCUT2D eigenvalue weighted by Gasteiger charge is 2.17. The second kappa shape index (κ2) is 9.93. The minimum atomic E-state index is -0.658. The number of aromatic nitrogens is 2. The van der Waals surface area contributed by atoms with Crippen LogP contribution in [0.1, 0.15) is 27.3 Å². The molecular weight excluding hydrogens is 424 g/mol. The third-order valence-corrected chi connectivity index (χ3v) is 5.73. The normalized spacial score (nSPS) is 14.2. The maximum atomic E-state index is 12.5. The zero-order valence-corrected chi connectivity index (χ0v) is 18.7. The molecule has 0 spiro atoms. The summed E-state index contributed by atoms with van der Waals surface area (Å²) in [6.07, 6.45) is 0. The second-order valence-electron chi connectivity index (χ2n) is 8.21. The van der Waals surface area contributed by atoms with Crippen molar-refractivity contribution in [3.8, 4) is 0 Å². The number of carbonyl (C=O) groups is 2. The number of anilines is 1. The fraction of sp³-hybridized carbons (Fsp3) is 0.333. The molecule has 172 valence electrons. The van der Waals surface area contributed by atoms with Crippen molar-refractivity contribution in [2.45, 2.75) is 20.4 Å². The monoisotopic (exact) mass is 451 g/mol. The molecule has 0 atom stereocenters. The lowest BCUT2D eigenvalue weighted by Gasteiger charge is -2.23. The molecule has 1 saturated heterocycles. The third-order valence-electron chi connectivity index (χ3n) is 5.73. The number of amides is 1. The Morgan fingerprint density at radius 1 is 1.12 bits per heavy atom. The quantitative estimate of drug-likeness (QED) is 0.477. The molecular formula is C24H27N4O5+. The van der Waals surface area contributed by atoms with Crippen molar-refractivity contribution in [2.24, 2.45) is 0 Å². The first-order valence-corrected chi connectivity index (χ1v) is 10.9. The van der Waals surface area contributed by atoms with Crippen molar-refractivity contribution in [1.29, 1.82) is 0 Å². The Hall–Kier alpha value is -3.56. The number of nitrogens with zero attached hydrogens (tertiary/aromatic N) is 1. The number of esters is 1. The summed E-state index contributed by atoms with van der Waals surface area (Å²) in [7, 11) is 0. The summed E-state index contributed by atoms with van der Waals surface area (Å²) in [4.78, 5) is 45.8. The second-order valence-corrected chi connectivity index (χ2v) is 8.21. The lowest BCUT2D eigenvalue weighted by atomic mass is 10.1. The van der Waals surface area contributed by atoms with Crippen molar-refractivity contribution >= 4 is 28.5 Å². The Morgan fingerprint density at radius 3 is 2.67 bits per heavy atom. The average Bonchev–Trinajstić information content (AvgIpc) is 2.80. The van der Waals surface area contributed by atoms with Crippen LogP contribution in [0.25, 0.3) is 10.9 Å². The van der Waals surface area contributed by atoms with Crippen molar-refractivity contribution in [3.05, 3.63) is 69.3 Å². The van der Waals surface area contributed by atoms with Gasteiger partial charge in [-0.25, -0.2) is 9.78 Å². The number of ether oxygens (including phenoxy) is 2. The van der Waals surface area contributed by atoms with Crippen LogP contribution in [0.2, 0.25) is 0 Å². The summed E-state index contributed by atoms with van der Waals surface area (Å²) in [6, 6.07) is 10.1. The number of quaternary nitrogens is 1. The van der Waals surface area contributed by atoms with Crippen LogP contribution in [0.5, 0.6) is 0 Å². The highest BCUT2D eigenvalue weighted by molar-refractivity contribution is 5.97. The predicted molar refractivity (Wildman–Crippen MR) is 122 cm³/mol. The third kappa shape index (κ3) is 5.63. The minimum absolute atomic E-state index is 0.226. The number of benzene rings is 2. The molecule has 0 unspecified atom stereocenters. The lowest BCUT2D eigenvalue weighted by molar-refractivity contribution is -0.922. The van der Waals surface area contributed by atoms with E-state index in [1.807, 2.05) is 26.0 Å². The largest absolute Gasteiger partial charge is 0.452 e. The van der Waals surface area contributed by atoms with Crippen LogP contribution in [0, 0.1) is 13.8 Å². The molecule has 1 amide bonds. The van der Waals surface area contributed by atoms with Gasteiger partial charge in [0, 0.05) is 5.69 Å². The molecule has 1 aliphatic rings. The molecule has 4 rings (SSSR count). The van der Waals surface area contributed by atoms with Gasteiger partial charge in [-0.2, -0.15) is 0 Å². The van der Waals surface area contributed by atoms with E-state index in [2.05, 4.69) is 15.3 Å². The minimum Gasteiger partial charge on any atom is -0.452 e. The summed E-state index contributed by atoms with van der Waals surface area (Å²) in [5.41, 5.74) is 3.20. The zero-order valence-electron chi connectivity index (χ0n) is 18.7. The molecule has 2 aromatic carbocycles. The van der Waals surface area contributed by atoms with E-state index in [1.54, 1.807) is 6.07 Å². The maximum Gasteiger partial charge on any atom is 0.338 e. The number of carbonyl (C=O) groups excluding carboxylic acids is 2. The molecule has 9 nitrogen and oxygen atoms in total. The van der Waals surface area contributed by atoms with Crippen molar-refractivity contribution in [2.75, 3.05) is 38.2 Å². The average molecular weight is 452 g/mol. The van der Waals surface area contributed by atoms with Crippen molar-refractivity contribution < 1.29 is 24.0 Å². The van der Waals surface area contributed by atoms with E-state index in [-0.39, 0.29) is 11.1 Å². The van der Waals surface area contributed by atoms with Crippen LogP contribution in [-0.4, -0.2) is 54.8 Å². The van der Waals surface area contributed by atoms with Gasteiger partial charge in [-0.15, -0.1) is 0 Å². The van der Waals surface area contributed by atoms with E-state index >= 15 is 0 Å². The summed E-state index contributed by atoms with van der Waals surface area (Å²) >= 11 is 0. The standard InChI is InChI=1S/C24H26N4O5/c1-15-3-5-18(11-16(15)2)25-22(29)14-33-24(31)17-4-6-19-20(12-17)26-21(27-23(19)30)13-28-7-9-32-10-8-28/h3-6,11-12H,7-10,13-14H2,1-2H3,(H,25,29)(H,26,27,30)/p+1. The van der Waals surface area contributed by atoms with Crippen LogP contribution in [0.4, 0.5) is 5.69 Å². The summed E-state index contributed by atoms with van der Waals surface area (Å²) in [6.45, 7) is 7.15. The van der Waals surface area contributed by atoms with E-state index < -0.39 is 18.5 Å². The molecule has 1 aromatic heterocycles. The number of hydrogen-bond donors (Lipinski definition) is 3. The highest BCUT2D eigenvalue weighted by atomic mass is 16.5. The van der Waals surface area contributed by atoms with Gasteiger partial charge in [-0.05, 0) is 55.3 Å². The van der Waals surface area contributed by atoms with Gasteiger partial charge in [-0.1, -0.05) is 6.07 Å². The molecule has 1 aliphatic heterocycles. The van der Waals surface area contributed by atoms with Gasteiger partial charge in [0.2, 0.25) is 0 Å². The van der Waals surface area contributed by atoms with Gasteiger partial charge >= 0.3 is 5.97 Å². The first-order valence-electron chi connectivity index (χ1n) is 10.9. The van der Waals surface area contributed by atoms with Crippen LogP contribution < -0.4 is 15.8 Å². The molecule has 0 aliphatic carbocycles.